The zero-order chi connectivity index (χ0) is 13.7. The van der Waals surface area contributed by atoms with Gasteiger partial charge in [0.05, 0.1) is 11.6 Å². The summed E-state index contributed by atoms with van der Waals surface area (Å²) < 4.78 is 5.62. The molecule has 1 heterocycles. The molecule has 0 saturated carbocycles. The summed E-state index contributed by atoms with van der Waals surface area (Å²) in [6.45, 7) is 3.33. The van der Waals surface area contributed by atoms with Gasteiger partial charge in [0, 0.05) is 24.6 Å². The largest absolute Gasteiger partial charge is 0.481 e. The fourth-order valence-corrected chi connectivity index (χ4v) is 2.84. The van der Waals surface area contributed by atoms with Gasteiger partial charge in [0.2, 0.25) is 0 Å². The van der Waals surface area contributed by atoms with Gasteiger partial charge in [0.1, 0.15) is 5.75 Å². The van der Waals surface area contributed by atoms with Crippen LogP contribution in [0.4, 0.5) is 0 Å². The molecule has 1 amide bonds. The molecule has 0 aliphatic carbocycles. The maximum Gasteiger partial charge on any atom is 0.263 e. The number of nitriles is 1. The summed E-state index contributed by atoms with van der Waals surface area (Å²) in [6.07, 6.45) is -0.517. The number of carbonyl (C=O) groups is 1. The van der Waals surface area contributed by atoms with E-state index < -0.39 is 6.10 Å². The van der Waals surface area contributed by atoms with Gasteiger partial charge in [-0.2, -0.15) is 17.0 Å². The second-order valence-electron chi connectivity index (χ2n) is 4.34. The van der Waals surface area contributed by atoms with Gasteiger partial charge >= 0.3 is 0 Å². The van der Waals surface area contributed by atoms with Crippen LogP contribution in [0.2, 0.25) is 0 Å². The number of benzene rings is 1. The molecule has 1 aromatic carbocycles. The topological polar surface area (TPSA) is 53.3 Å². The Morgan fingerprint density at radius 2 is 2.21 bits per heavy atom. The fourth-order valence-electron chi connectivity index (χ4n) is 1.93. The third kappa shape index (κ3) is 3.65. The third-order valence-electron chi connectivity index (χ3n) is 2.95. The highest BCUT2D eigenvalue weighted by molar-refractivity contribution is 7.99. The molecule has 0 radical (unpaired) electrons. The van der Waals surface area contributed by atoms with E-state index in [2.05, 4.69) is 6.07 Å². The van der Waals surface area contributed by atoms with Crippen molar-refractivity contribution in [2.75, 3.05) is 24.6 Å². The summed E-state index contributed by atoms with van der Waals surface area (Å²) in [5.41, 5.74) is 0.534. The summed E-state index contributed by atoms with van der Waals surface area (Å²) in [7, 11) is 0. The lowest BCUT2D eigenvalue weighted by Crippen LogP contribution is -2.44. The van der Waals surface area contributed by atoms with Crippen molar-refractivity contribution in [3.63, 3.8) is 0 Å². The molecule has 1 saturated heterocycles. The van der Waals surface area contributed by atoms with Crippen LogP contribution in [-0.2, 0) is 4.79 Å². The molecule has 4 nitrogen and oxygen atoms in total. The fraction of sp³-hybridized carbons (Fsp3) is 0.429. The number of nitrogens with zero attached hydrogens (tertiary/aromatic N) is 2. The standard InChI is InChI=1S/C14H16N2O2S/c1-11(14(17)16-5-7-19-8-6-16)18-13-4-2-3-12(9-13)10-15/h2-4,9,11H,5-8H2,1H3/t11-/m1/s1. The first-order chi connectivity index (χ1) is 9.20. The van der Waals surface area contributed by atoms with Crippen molar-refractivity contribution in [2.24, 2.45) is 0 Å². The summed E-state index contributed by atoms with van der Waals surface area (Å²) >= 11 is 1.87. The monoisotopic (exact) mass is 276 g/mol. The van der Waals surface area contributed by atoms with E-state index in [1.54, 1.807) is 31.2 Å². The van der Waals surface area contributed by atoms with Gasteiger partial charge in [-0.25, -0.2) is 0 Å². The Hall–Kier alpha value is -1.67. The van der Waals surface area contributed by atoms with Crippen molar-refractivity contribution in [3.8, 4) is 11.8 Å². The minimum absolute atomic E-state index is 0.0164. The van der Waals surface area contributed by atoms with E-state index in [1.807, 2.05) is 16.7 Å². The van der Waals surface area contributed by atoms with Crippen LogP contribution in [0, 0.1) is 11.3 Å². The molecule has 2 rings (SSSR count). The van der Waals surface area contributed by atoms with Crippen LogP contribution in [0.3, 0.4) is 0 Å². The quantitative estimate of drug-likeness (QED) is 0.846. The van der Waals surface area contributed by atoms with Gasteiger partial charge in [-0.3, -0.25) is 4.79 Å². The van der Waals surface area contributed by atoms with E-state index in [0.29, 0.717) is 11.3 Å². The molecule has 1 atom stereocenters. The van der Waals surface area contributed by atoms with E-state index in [0.717, 1.165) is 24.6 Å². The Bertz CT molecular complexity index is 492. The third-order valence-corrected chi connectivity index (χ3v) is 3.89. The molecule has 0 aromatic heterocycles. The maximum atomic E-state index is 12.2. The number of carbonyl (C=O) groups excluding carboxylic acids is 1. The van der Waals surface area contributed by atoms with Crippen LogP contribution in [0.5, 0.6) is 5.75 Å². The number of hydrogen-bond donors (Lipinski definition) is 0. The van der Waals surface area contributed by atoms with Crippen molar-refractivity contribution in [1.29, 1.82) is 5.26 Å². The van der Waals surface area contributed by atoms with Crippen LogP contribution < -0.4 is 4.74 Å². The van der Waals surface area contributed by atoms with Crippen molar-refractivity contribution >= 4 is 17.7 Å². The van der Waals surface area contributed by atoms with Gasteiger partial charge in [-0.1, -0.05) is 6.07 Å². The van der Waals surface area contributed by atoms with Crippen molar-refractivity contribution in [3.05, 3.63) is 29.8 Å². The van der Waals surface area contributed by atoms with Crippen molar-refractivity contribution in [2.45, 2.75) is 13.0 Å². The average molecular weight is 276 g/mol. The second-order valence-corrected chi connectivity index (χ2v) is 5.56. The zero-order valence-electron chi connectivity index (χ0n) is 10.8. The lowest BCUT2D eigenvalue weighted by molar-refractivity contribution is -0.137. The van der Waals surface area contributed by atoms with E-state index in [-0.39, 0.29) is 5.91 Å². The lowest BCUT2D eigenvalue weighted by Gasteiger charge is -2.29. The first-order valence-corrected chi connectivity index (χ1v) is 7.39. The molecule has 5 heteroatoms. The molecule has 0 unspecified atom stereocenters. The van der Waals surface area contributed by atoms with E-state index in [1.165, 1.54) is 0 Å². The maximum absolute atomic E-state index is 12.2. The Morgan fingerprint density at radius 3 is 2.89 bits per heavy atom. The Morgan fingerprint density at radius 1 is 1.47 bits per heavy atom. The van der Waals surface area contributed by atoms with E-state index >= 15 is 0 Å². The Kier molecular flexibility index (Phi) is 4.69. The number of rotatable bonds is 3. The molecular weight excluding hydrogens is 260 g/mol. The molecule has 0 spiro atoms. The highest BCUT2D eigenvalue weighted by atomic mass is 32.2. The van der Waals surface area contributed by atoms with Gasteiger partial charge in [0.15, 0.2) is 6.10 Å². The molecular formula is C14H16N2O2S. The molecule has 1 fully saturated rings. The summed E-state index contributed by atoms with van der Waals surface area (Å²) in [5.74, 6) is 2.55. The van der Waals surface area contributed by atoms with Gasteiger partial charge in [0.25, 0.3) is 5.91 Å². The highest BCUT2D eigenvalue weighted by Crippen LogP contribution is 2.16. The second kappa shape index (κ2) is 6.48. The molecule has 1 aromatic rings. The zero-order valence-corrected chi connectivity index (χ0v) is 11.7. The first kappa shape index (κ1) is 13.8. The summed E-state index contributed by atoms with van der Waals surface area (Å²) in [6, 6.07) is 8.93. The van der Waals surface area contributed by atoms with Crippen LogP contribution >= 0.6 is 11.8 Å². The predicted molar refractivity (Wildman–Crippen MR) is 75.2 cm³/mol. The van der Waals surface area contributed by atoms with Gasteiger partial charge in [-0.15, -0.1) is 0 Å². The molecule has 0 N–H and O–H groups in total. The molecule has 0 bridgehead atoms. The van der Waals surface area contributed by atoms with Crippen LogP contribution in [0.15, 0.2) is 24.3 Å². The molecule has 1 aliphatic rings. The Labute approximate surface area is 117 Å². The Balaban J connectivity index is 1.97. The van der Waals surface area contributed by atoms with Crippen molar-refractivity contribution < 1.29 is 9.53 Å². The molecule has 19 heavy (non-hydrogen) atoms. The summed E-state index contributed by atoms with van der Waals surface area (Å²) in [4.78, 5) is 14.0. The van der Waals surface area contributed by atoms with Crippen molar-refractivity contribution in [1.82, 2.24) is 4.90 Å². The van der Waals surface area contributed by atoms with E-state index in [9.17, 15) is 4.79 Å². The number of thioether (sulfide) groups is 1. The summed E-state index contributed by atoms with van der Waals surface area (Å²) in [5, 5.41) is 8.83. The minimum atomic E-state index is -0.517. The lowest BCUT2D eigenvalue weighted by atomic mass is 10.2. The van der Waals surface area contributed by atoms with Crippen LogP contribution in [0.25, 0.3) is 0 Å². The van der Waals surface area contributed by atoms with E-state index in [4.69, 9.17) is 10.00 Å². The van der Waals surface area contributed by atoms with Crippen LogP contribution in [0.1, 0.15) is 12.5 Å². The average Bonchev–Trinajstić information content (AvgIpc) is 2.47. The molecule has 100 valence electrons. The predicted octanol–water partition coefficient (Wildman–Crippen LogP) is 1.90. The number of ether oxygens (including phenoxy) is 1. The van der Waals surface area contributed by atoms with Gasteiger partial charge in [-0.05, 0) is 25.1 Å². The van der Waals surface area contributed by atoms with Crippen LogP contribution in [-0.4, -0.2) is 41.5 Å². The normalized spacial score (nSPS) is 16.5. The SMILES string of the molecule is C[C@@H](Oc1cccc(C#N)c1)C(=O)N1CCSCC1. The van der Waals surface area contributed by atoms with Gasteiger partial charge < -0.3 is 9.64 Å². The molecule has 1 aliphatic heterocycles. The first-order valence-electron chi connectivity index (χ1n) is 6.24. The highest BCUT2D eigenvalue weighted by Gasteiger charge is 2.23. The smallest absolute Gasteiger partial charge is 0.263 e. The number of hydrogen-bond acceptors (Lipinski definition) is 4. The number of amides is 1. The minimum Gasteiger partial charge on any atom is -0.481 e.